The number of aromatic amines is 1. The third-order valence-electron chi connectivity index (χ3n) is 3.97. The lowest BCUT2D eigenvalue weighted by Gasteiger charge is -2.05. The van der Waals surface area contributed by atoms with Gasteiger partial charge in [0.25, 0.3) is 5.56 Å². The van der Waals surface area contributed by atoms with Crippen LogP contribution in [0.1, 0.15) is 16.7 Å². The number of fused-ring (bicyclic) bond motifs is 1. The molecule has 120 valence electrons. The number of aryl methyl sites for hydroxylation is 2. The largest absolute Gasteiger partial charge is 0.323 e. The molecule has 24 heavy (non-hydrogen) atoms. The van der Waals surface area contributed by atoms with Gasteiger partial charge in [0.05, 0.1) is 0 Å². The van der Waals surface area contributed by atoms with Gasteiger partial charge in [-0.25, -0.2) is 0 Å². The third kappa shape index (κ3) is 3.43. The number of amides is 1. The minimum Gasteiger partial charge on any atom is -0.323 e. The lowest BCUT2D eigenvalue weighted by Crippen LogP contribution is -2.11. The molecule has 0 fully saturated rings. The van der Waals surface area contributed by atoms with Crippen LogP contribution in [-0.2, 0) is 4.79 Å². The summed E-state index contributed by atoms with van der Waals surface area (Å²) in [6, 6.07) is 15.0. The van der Waals surface area contributed by atoms with Crippen LogP contribution in [-0.4, -0.2) is 10.9 Å². The molecular weight excluding hydrogens is 300 g/mol. The normalized spacial score (nSPS) is 11.1. The maximum Gasteiger partial charge on any atom is 0.255 e. The molecular formula is C20H18N2O2. The number of aromatic nitrogens is 1. The fraction of sp³-hybridized carbons (Fsp3) is 0.100. The zero-order chi connectivity index (χ0) is 17.1. The number of para-hydroxylation sites is 1. The lowest BCUT2D eigenvalue weighted by atomic mass is 10.1. The Morgan fingerprint density at radius 2 is 1.83 bits per heavy atom. The van der Waals surface area contributed by atoms with Gasteiger partial charge in [-0.05, 0) is 60.7 Å². The van der Waals surface area contributed by atoms with Crippen LogP contribution in [0, 0.1) is 13.8 Å². The average Bonchev–Trinajstić information content (AvgIpc) is 2.56. The van der Waals surface area contributed by atoms with Crippen LogP contribution in [0.2, 0.25) is 0 Å². The van der Waals surface area contributed by atoms with Crippen molar-refractivity contribution in [2.45, 2.75) is 13.8 Å². The highest BCUT2D eigenvalue weighted by Crippen LogP contribution is 2.14. The molecule has 2 N–H and O–H groups in total. The first-order valence-electron chi connectivity index (χ1n) is 7.71. The number of hydrogen-bond donors (Lipinski definition) is 2. The molecule has 1 aromatic heterocycles. The smallest absolute Gasteiger partial charge is 0.255 e. The molecule has 0 aliphatic carbocycles. The van der Waals surface area contributed by atoms with Crippen LogP contribution in [0.3, 0.4) is 0 Å². The molecule has 1 amide bonds. The highest BCUT2D eigenvalue weighted by molar-refractivity contribution is 6.02. The minimum absolute atomic E-state index is 0.219. The van der Waals surface area contributed by atoms with E-state index in [1.54, 1.807) is 6.07 Å². The van der Waals surface area contributed by atoms with E-state index in [2.05, 4.69) is 10.3 Å². The van der Waals surface area contributed by atoms with Crippen molar-refractivity contribution in [3.8, 4) is 0 Å². The molecule has 0 atom stereocenters. The number of pyridine rings is 1. The first-order chi connectivity index (χ1) is 11.5. The van der Waals surface area contributed by atoms with Gasteiger partial charge in [0.2, 0.25) is 5.91 Å². The summed E-state index contributed by atoms with van der Waals surface area (Å²) in [6.07, 6.45) is 2.90. The van der Waals surface area contributed by atoms with Crippen LogP contribution in [0.15, 0.2) is 59.4 Å². The molecule has 0 aliphatic rings. The molecule has 3 aromatic rings. The molecule has 0 unspecified atom stereocenters. The molecule has 0 spiro atoms. The predicted octanol–water partition coefficient (Wildman–Crippen LogP) is 3.80. The molecule has 3 rings (SSSR count). The van der Waals surface area contributed by atoms with Crippen molar-refractivity contribution in [2.24, 2.45) is 0 Å². The van der Waals surface area contributed by atoms with Crippen LogP contribution in [0.5, 0.6) is 0 Å². The van der Waals surface area contributed by atoms with Gasteiger partial charge in [-0.1, -0.05) is 24.3 Å². The quantitative estimate of drug-likeness (QED) is 0.722. The molecule has 4 heteroatoms. The zero-order valence-corrected chi connectivity index (χ0v) is 13.6. The molecule has 0 radical (unpaired) electrons. The third-order valence-corrected chi connectivity index (χ3v) is 3.97. The zero-order valence-electron chi connectivity index (χ0n) is 13.6. The lowest BCUT2D eigenvalue weighted by molar-refractivity contribution is -0.111. The van der Waals surface area contributed by atoms with Gasteiger partial charge >= 0.3 is 0 Å². The monoisotopic (exact) mass is 318 g/mol. The Kier molecular flexibility index (Phi) is 4.29. The van der Waals surface area contributed by atoms with Gasteiger partial charge in [0, 0.05) is 22.8 Å². The van der Waals surface area contributed by atoms with Gasteiger partial charge in [-0.15, -0.1) is 0 Å². The van der Waals surface area contributed by atoms with Gasteiger partial charge in [-0.3, -0.25) is 9.59 Å². The standard InChI is InChI=1S/C20H18N2O2/c1-13-7-9-17(11-14(13)2)21-19(23)10-8-16-12-15-5-3-4-6-18(15)22-20(16)24/h3-12H,1-2H3,(H,21,23)(H,22,24)/b10-8+. The molecule has 2 aromatic carbocycles. The fourth-order valence-electron chi connectivity index (χ4n) is 2.46. The number of benzene rings is 2. The summed E-state index contributed by atoms with van der Waals surface area (Å²) in [4.78, 5) is 26.9. The topological polar surface area (TPSA) is 62.0 Å². The Balaban J connectivity index is 1.79. The van der Waals surface area contributed by atoms with E-state index in [0.29, 0.717) is 5.56 Å². The summed E-state index contributed by atoms with van der Waals surface area (Å²) in [5.74, 6) is -0.272. The number of rotatable bonds is 3. The number of nitrogens with one attached hydrogen (secondary N) is 2. The summed E-state index contributed by atoms with van der Waals surface area (Å²) >= 11 is 0. The van der Waals surface area contributed by atoms with E-state index in [1.165, 1.54) is 17.7 Å². The first-order valence-corrected chi connectivity index (χ1v) is 7.71. The summed E-state index contributed by atoms with van der Waals surface area (Å²) in [6.45, 7) is 4.02. The Morgan fingerprint density at radius 3 is 2.62 bits per heavy atom. The molecule has 0 saturated carbocycles. The summed E-state index contributed by atoms with van der Waals surface area (Å²) in [5, 5.41) is 3.72. The Hall–Kier alpha value is -3.14. The van der Waals surface area contributed by atoms with E-state index in [9.17, 15) is 9.59 Å². The first kappa shape index (κ1) is 15.7. The van der Waals surface area contributed by atoms with Gasteiger partial charge in [-0.2, -0.15) is 0 Å². The number of carbonyl (C=O) groups is 1. The SMILES string of the molecule is Cc1ccc(NC(=O)/C=C/c2cc3ccccc3[nH]c2=O)cc1C. The van der Waals surface area contributed by atoms with E-state index in [-0.39, 0.29) is 11.5 Å². The maximum absolute atomic E-state index is 12.0. The number of carbonyl (C=O) groups excluding carboxylic acids is 1. The van der Waals surface area contributed by atoms with Crippen LogP contribution < -0.4 is 10.9 Å². The minimum atomic E-state index is -0.272. The van der Waals surface area contributed by atoms with Crippen LogP contribution in [0.4, 0.5) is 5.69 Å². The Labute approximate surface area is 139 Å². The Bertz CT molecular complexity index is 1000. The van der Waals surface area contributed by atoms with Crippen molar-refractivity contribution < 1.29 is 4.79 Å². The second-order valence-electron chi connectivity index (χ2n) is 5.76. The molecule has 1 heterocycles. The van der Waals surface area contributed by atoms with Crippen LogP contribution >= 0.6 is 0 Å². The van der Waals surface area contributed by atoms with Crippen LogP contribution in [0.25, 0.3) is 17.0 Å². The number of anilines is 1. The van der Waals surface area contributed by atoms with Crippen molar-refractivity contribution in [3.05, 3.63) is 81.7 Å². The summed E-state index contributed by atoms with van der Waals surface area (Å²) in [7, 11) is 0. The van der Waals surface area contributed by atoms with E-state index in [0.717, 1.165) is 22.2 Å². The van der Waals surface area contributed by atoms with Gasteiger partial charge < -0.3 is 10.3 Å². The Morgan fingerprint density at radius 1 is 1.04 bits per heavy atom. The van der Waals surface area contributed by atoms with Gasteiger partial charge in [0.15, 0.2) is 0 Å². The summed E-state index contributed by atoms with van der Waals surface area (Å²) < 4.78 is 0. The predicted molar refractivity (Wildman–Crippen MR) is 98.1 cm³/mol. The molecule has 0 saturated heterocycles. The molecule has 4 nitrogen and oxygen atoms in total. The average molecular weight is 318 g/mol. The second-order valence-corrected chi connectivity index (χ2v) is 5.76. The van der Waals surface area contributed by atoms with Crippen molar-refractivity contribution in [3.63, 3.8) is 0 Å². The highest BCUT2D eigenvalue weighted by atomic mass is 16.1. The van der Waals surface area contributed by atoms with Crippen molar-refractivity contribution >= 4 is 28.6 Å². The van der Waals surface area contributed by atoms with Gasteiger partial charge in [0.1, 0.15) is 0 Å². The maximum atomic E-state index is 12.0. The van der Waals surface area contributed by atoms with Crippen molar-refractivity contribution in [1.29, 1.82) is 0 Å². The van der Waals surface area contributed by atoms with Crippen molar-refractivity contribution in [1.82, 2.24) is 4.98 Å². The van der Waals surface area contributed by atoms with E-state index < -0.39 is 0 Å². The summed E-state index contributed by atoms with van der Waals surface area (Å²) in [5.41, 5.74) is 4.03. The van der Waals surface area contributed by atoms with E-state index in [1.807, 2.05) is 56.3 Å². The van der Waals surface area contributed by atoms with Crippen molar-refractivity contribution in [2.75, 3.05) is 5.32 Å². The van der Waals surface area contributed by atoms with E-state index >= 15 is 0 Å². The number of H-pyrrole nitrogens is 1. The fourth-order valence-corrected chi connectivity index (χ4v) is 2.46. The molecule has 0 aliphatic heterocycles. The number of hydrogen-bond acceptors (Lipinski definition) is 2. The highest BCUT2D eigenvalue weighted by Gasteiger charge is 2.02. The van der Waals surface area contributed by atoms with E-state index in [4.69, 9.17) is 0 Å². The second kappa shape index (κ2) is 6.54. The molecule has 0 bridgehead atoms.